The van der Waals surface area contributed by atoms with E-state index >= 15 is 0 Å². The van der Waals surface area contributed by atoms with Crippen LogP contribution in [-0.4, -0.2) is 55.5 Å². The van der Waals surface area contributed by atoms with Crippen molar-refractivity contribution in [2.24, 2.45) is 0 Å². The van der Waals surface area contributed by atoms with Crippen molar-refractivity contribution in [1.29, 1.82) is 0 Å². The highest BCUT2D eigenvalue weighted by atomic mass is 35.5. The Morgan fingerprint density at radius 1 is 1.07 bits per heavy atom. The Kier molecular flexibility index (Phi) is 6.58. The largest absolute Gasteiger partial charge is 0.496 e. The van der Waals surface area contributed by atoms with Gasteiger partial charge in [-0.1, -0.05) is 30.7 Å². The van der Waals surface area contributed by atoms with Gasteiger partial charge in [-0.15, -0.1) is 0 Å². The molecule has 0 unspecified atom stereocenters. The number of para-hydroxylation sites is 1. The molecule has 0 saturated carbocycles. The Morgan fingerprint density at radius 2 is 1.81 bits per heavy atom. The fourth-order valence-corrected chi connectivity index (χ4v) is 3.38. The molecular formula is C21H25ClN2O3. The Hall–Kier alpha value is -2.24. The lowest BCUT2D eigenvalue weighted by Crippen LogP contribution is -2.48. The van der Waals surface area contributed by atoms with E-state index in [2.05, 4.69) is 11.8 Å². The van der Waals surface area contributed by atoms with Crippen molar-refractivity contribution < 1.29 is 14.3 Å². The van der Waals surface area contributed by atoms with E-state index in [1.165, 1.54) is 0 Å². The van der Waals surface area contributed by atoms with Crippen LogP contribution in [-0.2, 0) is 6.61 Å². The molecule has 5 nitrogen and oxygen atoms in total. The predicted molar refractivity (Wildman–Crippen MR) is 107 cm³/mol. The summed E-state index contributed by atoms with van der Waals surface area (Å²) < 4.78 is 11.3. The van der Waals surface area contributed by atoms with E-state index in [9.17, 15) is 4.79 Å². The summed E-state index contributed by atoms with van der Waals surface area (Å²) in [5.74, 6) is 1.34. The molecule has 0 spiro atoms. The monoisotopic (exact) mass is 388 g/mol. The number of ether oxygens (including phenoxy) is 2. The van der Waals surface area contributed by atoms with Crippen LogP contribution < -0.4 is 9.47 Å². The zero-order chi connectivity index (χ0) is 19.2. The van der Waals surface area contributed by atoms with Crippen molar-refractivity contribution >= 4 is 17.5 Å². The number of carbonyl (C=O) groups excluding carboxylic acids is 1. The molecule has 1 aliphatic heterocycles. The molecule has 2 aromatic rings. The third-order valence-electron chi connectivity index (χ3n) is 4.85. The van der Waals surface area contributed by atoms with Gasteiger partial charge in [0.2, 0.25) is 0 Å². The molecule has 0 aliphatic carbocycles. The van der Waals surface area contributed by atoms with Gasteiger partial charge in [-0.3, -0.25) is 4.79 Å². The molecule has 2 aromatic carbocycles. The van der Waals surface area contributed by atoms with Crippen LogP contribution in [0.1, 0.15) is 22.8 Å². The van der Waals surface area contributed by atoms with E-state index in [1.54, 1.807) is 13.2 Å². The molecular weight excluding hydrogens is 364 g/mol. The molecule has 1 heterocycles. The number of hydrogen-bond donors (Lipinski definition) is 0. The number of piperazine rings is 1. The maximum Gasteiger partial charge on any atom is 0.253 e. The molecule has 6 heteroatoms. The smallest absolute Gasteiger partial charge is 0.253 e. The van der Waals surface area contributed by atoms with E-state index in [-0.39, 0.29) is 12.5 Å². The van der Waals surface area contributed by atoms with Crippen molar-refractivity contribution in [2.45, 2.75) is 13.5 Å². The number of nitrogens with zero attached hydrogens (tertiary/aromatic N) is 2. The molecule has 1 aliphatic rings. The molecule has 3 rings (SSSR count). The van der Waals surface area contributed by atoms with Gasteiger partial charge in [-0.25, -0.2) is 0 Å². The van der Waals surface area contributed by atoms with Crippen LogP contribution in [0.5, 0.6) is 11.5 Å². The highest BCUT2D eigenvalue weighted by Crippen LogP contribution is 2.27. The van der Waals surface area contributed by atoms with Gasteiger partial charge in [0.1, 0.15) is 18.1 Å². The summed E-state index contributed by atoms with van der Waals surface area (Å²) in [5, 5.41) is 0.553. The molecule has 27 heavy (non-hydrogen) atoms. The Balaban J connectivity index is 1.73. The lowest BCUT2D eigenvalue weighted by atomic mass is 10.1. The fourth-order valence-electron chi connectivity index (χ4n) is 3.19. The SMILES string of the molecule is CCN1CCN(C(=O)c2ccc(OC)c(COc3ccccc3Cl)c2)CC1. The molecule has 1 saturated heterocycles. The van der Waals surface area contributed by atoms with E-state index in [0.717, 1.165) is 38.3 Å². The number of benzene rings is 2. The summed E-state index contributed by atoms with van der Waals surface area (Å²) in [5.41, 5.74) is 1.47. The fraction of sp³-hybridized carbons (Fsp3) is 0.381. The van der Waals surface area contributed by atoms with Crippen LogP contribution in [0.15, 0.2) is 42.5 Å². The van der Waals surface area contributed by atoms with Gasteiger partial charge in [-0.05, 0) is 36.9 Å². The average Bonchev–Trinajstić information content (AvgIpc) is 2.72. The summed E-state index contributed by atoms with van der Waals surface area (Å²) in [6, 6.07) is 12.8. The number of rotatable bonds is 6. The van der Waals surface area contributed by atoms with Gasteiger partial charge in [0.15, 0.2) is 0 Å². The summed E-state index contributed by atoms with van der Waals surface area (Å²) >= 11 is 6.15. The van der Waals surface area contributed by atoms with Crippen LogP contribution in [0.2, 0.25) is 5.02 Å². The van der Waals surface area contributed by atoms with Crippen LogP contribution in [0.25, 0.3) is 0 Å². The van der Waals surface area contributed by atoms with Gasteiger partial charge in [-0.2, -0.15) is 0 Å². The number of carbonyl (C=O) groups is 1. The van der Waals surface area contributed by atoms with Crippen molar-refractivity contribution in [3.05, 3.63) is 58.6 Å². The minimum Gasteiger partial charge on any atom is -0.496 e. The summed E-state index contributed by atoms with van der Waals surface area (Å²) in [4.78, 5) is 17.1. The zero-order valence-electron chi connectivity index (χ0n) is 15.8. The first-order valence-corrected chi connectivity index (χ1v) is 9.56. The first kappa shape index (κ1) is 19.5. The lowest BCUT2D eigenvalue weighted by Gasteiger charge is -2.34. The highest BCUT2D eigenvalue weighted by molar-refractivity contribution is 6.32. The van der Waals surface area contributed by atoms with Gasteiger partial charge < -0.3 is 19.3 Å². The minimum absolute atomic E-state index is 0.0485. The third kappa shape index (κ3) is 4.73. The van der Waals surface area contributed by atoms with E-state index in [0.29, 0.717) is 22.1 Å². The molecule has 0 aromatic heterocycles. The molecule has 1 amide bonds. The third-order valence-corrected chi connectivity index (χ3v) is 5.17. The number of likely N-dealkylation sites (N-methyl/N-ethyl adjacent to an activating group) is 1. The standard InChI is InChI=1S/C21H25ClN2O3/c1-3-23-10-12-24(13-11-23)21(25)16-8-9-19(26-2)17(14-16)15-27-20-7-5-4-6-18(20)22/h4-9,14H,3,10-13,15H2,1-2H3. The van der Waals surface area contributed by atoms with Crippen molar-refractivity contribution in [1.82, 2.24) is 9.80 Å². The Morgan fingerprint density at radius 3 is 2.48 bits per heavy atom. The van der Waals surface area contributed by atoms with Crippen LogP contribution in [0, 0.1) is 0 Å². The van der Waals surface area contributed by atoms with Gasteiger partial charge in [0.25, 0.3) is 5.91 Å². The Labute approximate surface area is 165 Å². The minimum atomic E-state index is 0.0485. The Bertz CT molecular complexity index is 789. The van der Waals surface area contributed by atoms with Crippen LogP contribution in [0.4, 0.5) is 0 Å². The van der Waals surface area contributed by atoms with Crippen molar-refractivity contribution in [3.63, 3.8) is 0 Å². The van der Waals surface area contributed by atoms with Crippen molar-refractivity contribution in [2.75, 3.05) is 39.8 Å². The number of amides is 1. The molecule has 0 atom stereocenters. The first-order valence-electron chi connectivity index (χ1n) is 9.18. The van der Waals surface area contributed by atoms with Gasteiger partial charge in [0.05, 0.1) is 12.1 Å². The number of methoxy groups -OCH3 is 1. The molecule has 0 bridgehead atoms. The van der Waals surface area contributed by atoms with Gasteiger partial charge in [0, 0.05) is 37.3 Å². The molecule has 0 radical (unpaired) electrons. The summed E-state index contributed by atoms with van der Waals surface area (Å²) in [6.07, 6.45) is 0. The first-order chi connectivity index (χ1) is 13.1. The lowest BCUT2D eigenvalue weighted by molar-refractivity contribution is 0.0643. The second-order valence-corrected chi connectivity index (χ2v) is 6.88. The maximum atomic E-state index is 12.9. The normalized spacial score (nSPS) is 14.9. The quantitative estimate of drug-likeness (QED) is 0.756. The predicted octanol–water partition coefficient (Wildman–Crippen LogP) is 3.71. The second-order valence-electron chi connectivity index (χ2n) is 6.47. The van der Waals surface area contributed by atoms with E-state index in [1.807, 2.05) is 41.3 Å². The number of halogens is 1. The zero-order valence-corrected chi connectivity index (χ0v) is 16.5. The van der Waals surface area contributed by atoms with Crippen molar-refractivity contribution in [3.8, 4) is 11.5 Å². The molecule has 1 fully saturated rings. The molecule has 144 valence electrons. The summed E-state index contributed by atoms with van der Waals surface area (Å²) in [7, 11) is 1.61. The van der Waals surface area contributed by atoms with E-state index < -0.39 is 0 Å². The highest BCUT2D eigenvalue weighted by Gasteiger charge is 2.22. The average molecular weight is 389 g/mol. The summed E-state index contributed by atoms with van der Waals surface area (Å²) in [6.45, 7) is 6.79. The topological polar surface area (TPSA) is 42.0 Å². The van der Waals surface area contributed by atoms with E-state index in [4.69, 9.17) is 21.1 Å². The molecule has 0 N–H and O–H groups in total. The second kappa shape index (κ2) is 9.11. The van der Waals surface area contributed by atoms with Crippen LogP contribution in [0.3, 0.4) is 0 Å². The maximum absolute atomic E-state index is 12.9. The number of hydrogen-bond acceptors (Lipinski definition) is 4. The van der Waals surface area contributed by atoms with Gasteiger partial charge >= 0.3 is 0 Å². The van der Waals surface area contributed by atoms with Crippen LogP contribution >= 0.6 is 11.6 Å².